The Morgan fingerprint density at radius 3 is 1.31 bits per heavy atom. The number of hydrogen-bond donors (Lipinski definition) is 0. The minimum atomic E-state index is -8.72. The molecule has 1 rings (SSSR count). The zero-order valence-electron chi connectivity index (χ0n) is 15.7. The maximum Gasteiger partial charge on any atom is 0.460 e. The molecule has 0 unspecified atom stereocenters. The zero-order valence-corrected chi connectivity index (χ0v) is 17.3. The number of thiophene rings is 1. The average molecular weight is 594 g/mol. The summed E-state index contributed by atoms with van der Waals surface area (Å²) in [6.45, 7) is 0. The van der Waals surface area contributed by atoms with Crippen LogP contribution in [-0.4, -0.2) is 61.8 Å². The zero-order chi connectivity index (χ0) is 28.3. The van der Waals surface area contributed by atoms with E-state index < -0.39 is 74.5 Å². The summed E-state index contributed by atoms with van der Waals surface area (Å²) in [5.41, 5.74) is 0. The maximum absolute atomic E-state index is 13.7. The van der Waals surface area contributed by atoms with Gasteiger partial charge < -0.3 is 0 Å². The van der Waals surface area contributed by atoms with Gasteiger partial charge in [0.25, 0.3) is 0 Å². The van der Waals surface area contributed by atoms with E-state index in [9.17, 15) is 83.1 Å². The molecule has 0 amide bonds. The molecule has 0 aliphatic rings. The molecule has 35 heavy (non-hydrogen) atoms. The molecule has 0 saturated heterocycles. The number of sulfone groups is 1. The van der Waals surface area contributed by atoms with Crippen molar-refractivity contribution in [1.29, 1.82) is 0 Å². The SMILES string of the molecule is O=S(=O)(CCC(F)(F)C(F)(F)C(F)(F)C(F)(F)C(F)(F)C(F)(F)C(F)(F)C(F)(F)F)c1ccsc1. The Morgan fingerprint density at radius 1 is 0.600 bits per heavy atom. The number of hydrogen-bond acceptors (Lipinski definition) is 3. The van der Waals surface area contributed by atoms with E-state index in [1.807, 2.05) is 0 Å². The van der Waals surface area contributed by atoms with E-state index in [2.05, 4.69) is 0 Å². The molecule has 1 heterocycles. The van der Waals surface area contributed by atoms with Gasteiger partial charge in [-0.15, -0.1) is 0 Å². The van der Waals surface area contributed by atoms with Gasteiger partial charge in [-0.1, -0.05) is 0 Å². The summed E-state index contributed by atoms with van der Waals surface area (Å²) in [5, 5.41) is 1.70. The summed E-state index contributed by atoms with van der Waals surface area (Å²) in [6.07, 6.45) is -10.8. The molecule has 0 aliphatic carbocycles. The fraction of sp³-hybridized carbons (Fsp3) is 0.714. The highest BCUT2D eigenvalue weighted by atomic mass is 32.2. The van der Waals surface area contributed by atoms with Crippen LogP contribution in [0.15, 0.2) is 21.7 Å². The lowest BCUT2D eigenvalue weighted by Crippen LogP contribution is -2.74. The fourth-order valence-electron chi connectivity index (χ4n) is 2.16. The van der Waals surface area contributed by atoms with Crippen molar-refractivity contribution in [3.8, 4) is 0 Å². The van der Waals surface area contributed by atoms with Crippen LogP contribution >= 0.6 is 11.3 Å². The van der Waals surface area contributed by atoms with Crippen LogP contribution in [0.4, 0.5) is 74.6 Å². The van der Waals surface area contributed by atoms with Gasteiger partial charge in [-0.25, -0.2) is 8.42 Å². The van der Waals surface area contributed by atoms with E-state index in [0.717, 1.165) is 5.38 Å². The summed E-state index contributed by atoms with van der Waals surface area (Å²) in [4.78, 5) is -0.862. The third-order valence-corrected chi connectivity index (χ3v) is 6.87. The molecule has 0 aromatic carbocycles. The van der Waals surface area contributed by atoms with Gasteiger partial charge >= 0.3 is 47.6 Å². The molecule has 0 aliphatic heterocycles. The number of halogens is 17. The Hall–Kier alpha value is -1.54. The van der Waals surface area contributed by atoms with Gasteiger partial charge in [0.05, 0.1) is 10.6 Å². The first kappa shape index (κ1) is 31.5. The van der Waals surface area contributed by atoms with Crippen molar-refractivity contribution in [2.75, 3.05) is 5.75 Å². The summed E-state index contributed by atoms with van der Waals surface area (Å²) in [7, 11) is -5.01. The third-order valence-electron chi connectivity index (χ3n) is 4.33. The fourth-order valence-corrected chi connectivity index (χ4v) is 4.55. The van der Waals surface area contributed by atoms with Gasteiger partial charge in [-0.3, -0.25) is 0 Å². The Bertz CT molecular complexity index is 992. The minimum absolute atomic E-state index is 0.592. The molecule has 0 fully saturated rings. The minimum Gasteiger partial charge on any atom is -0.224 e. The predicted molar refractivity (Wildman–Crippen MR) is 81.7 cm³/mol. The molecule has 1 aromatic heterocycles. The van der Waals surface area contributed by atoms with Crippen LogP contribution < -0.4 is 0 Å². The number of rotatable bonds is 10. The van der Waals surface area contributed by atoms with E-state index in [-0.39, 0.29) is 0 Å². The summed E-state index contributed by atoms with van der Waals surface area (Å²) in [6, 6.07) is 0.683. The molecular weight excluding hydrogens is 587 g/mol. The van der Waals surface area contributed by atoms with Gasteiger partial charge in [-0.05, 0) is 11.4 Å². The van der Waals surface area contributed by atoms with Crippen molar-refractivity contribution in [3.63, 3.8) is 0 Å². The van der Waals surface area contributed by atoms with Gasteiger partial charge in [0.15, 0.2) is 9.84 Å². The van der Waals surface area contributed by atoms with Crippen molar-refractivity contribution < 1.29 is 83.1 Å². The Kier molecular flexibility index (Phi) is 7.65. The molecule has 21 heteroatoms. The van der Waals surface area contributed by atoms with Crippen molar-refractivity contribution in [1.82, 2.24) is 0 Å². The normalized spacial score (nSPS) is 16.0. The molecule has 0 bridgehead atoms. The standard InChI is InChI=1S/C14H7F17O2S2/c15-7(16,2-4-35(32,33)6-1-3-34-5-6)8(17,18)9(19,20)10(21,22)11(23,24)12(25,26)13(27,28)14(29,30)31/h1,3,5H,2,4H2. The lowest BCUT2D eigenvalue weighted by molar-refractivity contribution is -0.461. The smallest absolute Gasteiger partial charge is 0.224 e. The molecule has 0 saturated carbocycles. The predicted octanol–water partition coefficient (Wildman–Crippen LogP) is 6.92. The molecule has 0 radical (unpaired) electrons. The van der Waals surface area contributed by atoms with E-state index >= 15 is 0 Å². The van der Waals surface area contributed by atoms with E-state index in [0.29, 0.717) is 22.8 Å². The summed E-state index contributed by atoms with van der Waals surface area (Å²) >= 11 is 0.592. The highest BCUT2D eigenvalue weighted by Crippen LogP contribution is 2.64. The Morgan fingerprint density at radius 2 is 0.971 bits per heavy atom. The van der Waals surface area contributed by atoms with Crippen LogP contribution in [0.25, 0.3) is 0 Å². The lowest BCUT2D eigenvalue weighted by Gasteiger charge is -2.42. The van der Waals surface area contributed by atoms with Crippen molar-refractivity contribution in [2.45, 2.75) is 59.0 Å². The second kappa shape index (κ2) is 8.51. The van der Waals surface area contributed by atoms with E-state index in [1.54, 1.807) is 0 Å². The Labute approximate surface area is 186 Å². The summed E-state index contributed by atoms with van der Waals surface area (Å²) in [5.74, 6) is -59.5. The van der Waals surface area contributed by atoms with Crippen molar-refractivity contribution >= 4 is 21.2 Å². The van der Waals surface area contributed by atoms with Crippen LogP contribution in [0.3, 0.4) is 0 Å². The van der Waals surface area contributed by atoms with Crippen LogP contribution in [0.1, 0.15) is 6.42 Å². The van der Waals surface area contributed by atoms with Gasteiger partial charge in [0.2, 0.25) is 0 Å². The van der Waals surface area contributed by atoms with Gasteiger partial charge in [-0.2, -0.15) is 86.0 Å². The Balaban J connectivity index is 3.49. The molecule has 0 N–H and O–H groups in total. The molecule has 206 valence electrons. The van der Waals surface area contributed by atoms with Crippen molar-refractivity contribution in [3.05, 3.63) is 16.8 Å². The molecule has 1 aromatic rings. The van der Waals surface area contributed by atoms with Gasteiger partial charge in [0.1, 0.15) is 0 Å². The first-order valence-corrected chi connectivity index (χ1v) is 10.6. The average Bonchev–Trinajstić information content (AvgIpc) is 3.20. The second-order valence-corrected chi connectivity index (χ2v) is 9.57. The van der Waals surface area contributed by atoms with Crippen LogP contribution in [-0.2, 0) is 9.84 Å². The first-order chi connectivity index (χ1) is 15.1. The lowest BCUT2D eigenvalue weighted by atomic mass is 9.88. The second-order valence-electron chi connectivity index (χ2n) is 6.68. The quantitative estimate of drug-likeness (QED) is 0.276. The molecule has 2 nitrogen and oxygen atoms in total. The van der Waals surface area contributed by atoms with E-state index in [1.165, 1.54) is 0 Å². The van der Waals surface area contributed by atoms with Crippen LogP contribution in [0, 0.1) is 0 Å². The maximum atomic E-state index is 13.7. The topological polar surface area (TPSA) is 34.1 Å². The molecule has 0 atom stereocenters. The van der Waals surface area contributed by atoms with Crippen LogP contribution in [0.5, 0.6) is 0 Å². The van der Waals surface area contributed by atoms with Crippen LogP contribution in [0.2, 0.25) is 0 Å². The van der Waals surface area contributed by atoms with E-state index in [4.69, 9.17) is 0 Å². The monoisotopic (exact) mass is 594 g/mol. The summed E-state index contributed by atoms with van der Waals surface area (Å²) < 4.78 is 247. The van der Waals surface area contributed by atoms with Crippen molar-refractivity contribution in [2.24, 2.45) is 0 Å². The molecular formula is C14H7F17O2S2. The number of alkyl halides is 17. The molecule has 0 spiro atoms. The first-order valence-electron chi connectivity index (χ1n) is 8.02. The van der Waals surface area contributed by atoms with Gasteiger partial charge in [0, 0.05) is 11.8 Å². The highest BCUT2D eigenvalue weighted by molar-refractivity contribution is 7.91. The largest absolute Gasteiger partial charge is 0.460 e. The third kappa shape index (κ3) is 4.54. The highest BCUT2D eigenvalue weighted by Gasteiger charge is 2.95.